The van der Waals surface area contributed by atoms with Crippen LogP contribution in [0.4, 0.5) is 5.69 Å². The van der Waals surface area contributed by atoms with Crippen molar-refractivity contribution >= 4 is 22.6 Å². The molecule has 5 rings (SSSR count). The van der Waals surface area contributed by atoms with Crippen LogP contribution in [0.2, 0.25) is 0 Å². The minimum atomic E-state index is -0.522. The number of hydrogen-bond donors (Lipinski definition) is 0. The Balaban J connectivity index is 1.80. The van der Waals surface area contributed by atoms with Gasteiger partial charge in [-0.05, 0) is 41.8 Å². The number of carbonyl (C=O) groups excluding carboxylic acids is 1. The Morgan fingerprint density at radius 3 is 2.28 bits per heavy atom. The van der Waals surface area contributed by atoms with Gasteiger partial charge in [0.15, 0.2) is 5.43 Å². The number of aryl methyl sites for hydroxylation is 1. The molecule has 0 saturated heterocycles. The Labute approximate surface area is 168 Å². The van der Waals surface area contributed by atoms with Crippen LogP contribution in [0.1, 0.15) is 40.2 Å². The maximum Gasteiger partial charge on any atom is 0.295 e. The molecular formula is C25H19NO3. The lowest BCUT2D eigenvalue weighted by Gasteiger charge is -2.25. The van der Waals surface area contributed by atoms with Crippen molar-refractivity contribution < 1.29 is 9.21 Å². The summed E-state index contributed by atoms with van der Waals surface area (Å²) in [4.78, 5) is 28.5. The Hall–Kier alpha value is -3.66. The fourth-order valence-corrected chi connectivity index (χ4v) is 4.03. The molecule has 0 saturated carbocycles. The third-order valence-electron chi connectivity index (χ3n) is 5.52. The summed E-state index contributed by atoms with van der Waals surface area (Å²) in [5, 5.41) is 0.490. The van der Waals surface area contributed by atoms with Gasteiger partial charge in [-0.3, -0.25) is 14.5 Å². The minimum absolute atomic E-state index is 0.127. The van der Waals surface area contributed by atoms with Crippen LogP contribution in [-0.4, -0.2) is 5.91 Å². The molecule has 2 heterocycles. The summed E-state index contributed by atoms with van der Waals surface area (Å²) in [5.74, 6) is -0.166. The summed E-state index contributed by atoms with van der Waals surface area (Å²) in [6, 6.07) is 24.1. The maximum absolute atomic E-state index is 13.4. The summed E-state index contributed by atoms with van der Waals surface area (Å²) in [5.41, 5.74) is 3.51. The van der Waals surface area contributed by atoms with Gasteiger partial charge in [0.25, 0.3) is 5.91 Å². The second-order valence-corrected chi connectivity index (χ2v) is 7.18. The van der Waals surface area contributed by atoms with E-state index < -0.39 is 6.04 Å². The van der Waals surface area contributed by atoms with E-state index in [2.05, 4.69) is 6.92 Å². The van der Waals surface area contributed by atoms with E-state index in [9.17, 15) is 9.59 Å². The van der Waals surface area contributed by atoms with E-state index in [0.717, 1.165) is 17.7 Å². The highest BCUT2D eigenvalue weighted by atomic mass is 16.3. The van der Waals surface area contributed by atoms with Gasteiger partial charge in [-0.2, -0.15) is 0 Å². The first-order chi connectivity index (χ1) is 14.2. The molecule has 1 aliphatic heterocycles. The van der Waals surface area contributed by atoms with Crippen LogP contribution >= 0.6 is 0 Å². The first kappa shape index (κ1) is 17.4. The number of rotatable bonds is 3. The fourth-order valence-electron chi connectivity index (χ4n) is 4.03. The average Bonchev–Trinajstić information content (AvgIpc) is 3.07. The predicted octanol–water partition coefficient (Wildman–Crippen LogP) is 5.11. The van der Waals surface area contributed by atoms with Crippen molar-refractivity contribution in [3.8, 4) is 0 Å². The van der Waals surface area contributed by atoms with Crippen molar-refractivity contribution in [3.63, 3.8) is 0 Å². The molecule has 29 heavy (non-hydrogen) atoms. The molecule has 0 fully saturated rings. The first-order valence-electron chi connectivity index (χ1n) is 9.72. The molecule has 0 bridgehead atoms. The summed E-state index contributed by atoms with van der Waals surface area (Å²) < 4.78 is 5.95. The number of amides is 1. The number of hydrogen-bond acceptors (Lipinski definition) is 3. The van der Waals surface area contributed by atoms with Gasteiger partial charge in [0.2, 0.25) is 5.76 Å². The lowest BCUT2D eigenvalue weighted by Crippen LogP contribution is -2.29. The van der Waals surface area contributed by atoms with Gasteiger partial charge in [-0.15, -0.1) is 0 Å². The molecule has 0 radical (unpaired) electrons. The lowest BCUT2D eigenvalue weighted by atomic mass is 9.97. The molecule has 3 aromatic carbocycles. The van der Waals surface area contributed by atoms with Crippen molar-refractivity contribution in [2.24, 2.45) is 0 Å². The molecule has 1 amide bonds. The molecule has 1 atom stereocenters. The predicted molar refractivity (Wildman–Crippen MR) is 113 cm³/mol. The first-order valence-corrected chi connectivity index (χ1v) is 9.72. The highest BCUT2D eigenvalue weighted by Gasteiger charge is 2.43. The van der Waals surface area contributed by atoms with Crippen molar-refractivity contribution in [2.75, 3.05) is 4.90 Å². The summed E-state index contributed by atoms with van der Waals surface area (Å²) in [7, 11) is 0. The van der Waals surface area contributed by atoms with Crippen molar-refractivity contribution in [1.82, 2.24) is 0 Å². The van der Waals surface area contributed by atoms with Crippen LogP contribution in [0.25, 0.3) is 11.0 Å². The largest absolute Gasteiger partial charge is 0.450 e. The number of benzene rings is 3. The van der Waals surface area contributed by atoms with Crippen molar-refractivity contribution in [1.29, 1.82) is 0 Å². The number of fused-ring (bicyclic) bond motifs is 2. The maximum atomic E-state index is 13.4. The highest BCUT2D eigenvalue weighted by Crippen LogP contribution is 2.41. The molecule has 0 spiro atoms. The van der Waals surface area contributed by atoms with E-state index >= 15 is 0 Å². The number of nitrogens with zero attached hydrogens (tertiary/aromatic N) is 1. The molecule has 1 unspecified atom stereocenters. The molecular weight excluding hydrogens is 362 g/mol. The molecule has 1 aliphatic rings. The summed E-state index contributed by atoms with van der Waals surface area (Å²) >= 11 is 0. The topological polar surface area (TPSA) is 50.5 Å². The van der Waals surface area contributed by atoms with Gasteiger partial charge in [-0.1, -0.05) is 61.5 Å². The summed E-state index contributed by atoms with van der Waals surface area (Å²) in [6.45, 7) is 2.10. The number of anilines is 1. The number of carbonyl (C=O) groups is 1. The zero-order valence-corrected chi connectivity index (χ0v) is 16.0. The molecule has 4 aromatic rings. The van der Waals surface area contributed by atoms with Crippen LogP contribution in [0.15, 0.2) is 88.1 Å². The minimum Gasteiger partial charge on any atom is -0.450 e. The van der Waals surface area contributed by atoms with Crippen LogP contribution in [-0.2, 0) is 6.42 Å². The Bertz CT molecular complexity index is 1270. The standard InChI is InChI=1S/C25H19NO3/c1-2-16-12-14-17(15-13-16)22-21-23(27)19-10-6-7-11-20(19)29-24(21)25(28)26(22)18-8-4-3-5-9-18/h3-15,22H,2H2,1H3. The molecule has 4 heteroatoms. The van der Waals surface area contributed by atoms with Gasteiger partial charge < -0.3 is 4.42 Å². The smallest absolute Gasteiger partial charge is 0.295 e. The van der Waals surface area contributed by atoms with Crippen LogP contribution < -0.4 is 10.3 Å². The van der Waals surface area contributed by atoms with Crippen LogP contribution in [0.5, 0.6) is 0 Å². The third-order valence-corrected chi connectivity index (χ3v) is 5.52. The molecule has 4 nitrogen and oxygen atoms in total. The van der Waals surface area contributed by atoms with Crippen molar-refractivity contribution in [2.45, 2.75) is 19.4 Å². The second kappa shape index (κ2) is 6.74. The SMILES string of the molecule is CCc1ccc(C2c3c(oc4ccccc4c3=O)C(=O)N2c2ccccc2)cc1. The van der Waals surface area contributed by atoms with E-state index in [0.29, 0.717) is 16.5 Å². The van der Waals surface area contributed by atoms with Gasteiger partial charge in [-0.25, -0.2) is 0 Å². The van der Waals surface area contributed by atoms with E-state index in [1.807, 2.05) is 60.7 Å². The second-order valence-electron chi connectivity index (χ2n) is 7.18. The van der Waals surface area contributed by atoms with Crippen LogP contribution in [0, 0.1) is 0 Å². The van der Waals surface area contributed by atoms with Gasteiger partial charge in [0.1, 0.15) is 5.58 Å². The number of para-hydroxylation sites is 2. The van der Waals surface area contributed by atoms with E-state index in [-0.39, 0.29) is 17.1 Å². The van der Waals surface area contributed by atoms with Gasteiger partial charge in [0.05, 0.1) is 17.0 Å². The van der Waals surface area contributed by atoms with E-state index in [1.165, 1.54) is 5.56 Å². The molecule has 1 aromatic heterocycles. The van der Waals surface area contributed by atoms with Crippen LogP contribution in [0.3, 0.4) is 0 Å². The van der Waals surface area contributed by atoms with Gasteiger partial charge >= 0.3 is 0 Å². The average molecular weight is 381 g/mol. The Morgan fingerprint density at radius 2 is 1.55 bits per heavy atom. The van der Waals surface area contributed by atoms with E-state index in [1.54, 1.807) is 23.1 Å². The molecule has 0 aliphatic carbocycles. The quantitative estimate of drug-likeness (QED) is 0.496. The van der Waals surface area contributed by atoms with Crippen molar-refractivity contribution in [3.05, 3.63) is 112 Å². The Morgan fingerprint density at radius 1 is 0.862 bits per heavy atom. The van der Waals surface area contributed by atoms with E-state index in [4.69, 9.17) is 4.42 Å². The fraction of sp³-hybridized carbons (Fsp3) is 0.120. The lowest BCUT2D eigenvalue weighted by molar-refractivity contribution is 0.0971. The zero-order valence-electron chi connectivity index (χ0n) is 16.0. The third kappa shape index (κ3) is 2.68. The molecule has 0 N–H and O–H groups in total. The monoisotopic (exact) mass is 381 g/mol. The normalized spacial score (nSPS) is 15.7. The highest BCUT2D eigenvalue weighted by molar-refractivity contribution is 6.10. The van der Waals surface area contributed by atoms with Gasteiger partial charge in [0, 0.05) is 5.69 Å². The zero-order chi connectivity index (χ0) is 20.0. The summed E-state index contributed by atoms with van der Waals surface area (Å²) in [6.07, 6.45) is 0.926. The Kier molecular flexibility index (Phi) is 4.06. The molecule has 142 valence electrons.